The highest BCUT2D eigenvalue weighted by Crippen LogP contribution is 2.17. The van der Waals surface area contributed by atoms with Crippen LogP contribution in [0.1, 0.15) is 33.3 Å². The van der Waals surface area contributed by atoms with E-state index in [4.69, 9.17) is 0 Å². The first-order chi connectivity index (χ1) is 9.77. The van der Waals surface area contributed by atoms with Crippen molar-refractivity contribution < 1.29 is 4.79 Å². The van der Waals surface area contributed by atoms with Gasteiger partial charge in [-0.2, -0.15) is 0 Å². The van der Waals surface area contributed by atoms with Crippen molar-refractivity contribution in [1.29, 1.82) is 0 Å². The first-order valence-electron chi connectivity index (χ1n) is 6.70. The topological polar surface area (TPSA) is 73.0 Å². The molecule has 0 aromatic carbocycles. The molecule has 0 aliphatic heterocycles. The molecule has 0 fully saturated rings. The van der Waals surface area contributed by atoms with Gasteiger partial charge in [0.25, 0.3) is 5.91 Å². The third-order valence-corrected chi connectivity index (χ3v) is 2.96. The van der Waals surface area contributed by atoms with E-state index in [1.165, 1.54) is 0 Å². The maximum Gasteiger partial charge on any atom is 0.251 e. The Labute approximate surface area is 123 Å². The summed E-state index contributed by atoms with van der Waals surface area (Å²) in [5.74, 6) is -0.141. The molecule has 0 aliphatic carbocycles. The van der Waals surface area contributed by atoms with E-state index < -0.39 is 5.41 Å². The highest BCUT2D eigenvalue weighted by molar-refractivity contribution is 6.05. The predicted molar refractivity (Wildman–Crippen MR) is 80.9 cm³/mol. The zero-order valence-electron chi connectivity index (χ0n) is 13.0. The lowest BCUT2D eigenvalue weighted by molar-refractivity contribution is -0.124. The van der Waals surface area contributed by atoms with Crippen molar-refractivity contribution in [2.75, 3.05) is 0 Å². The number of hydrogen-bond donors (Lipinski definition) is 0. The summed E-state index contributed by atoms with van der Waals surface area (Å²) in [7, 11) is 1.81. The van der Waals surface area contributed by atoms with E-state index in [0.29, 0.717) is 11.4 Å². The fourth-order valence-corrected chi connectivity index (χ4v) is 1.61. The first-order valence-corrected chi connectivity index (χ1v) is 6.70. The molecule has 6 nitrogen and oxygen atoms in total. The predicted octanol–water partition coefficient (Wildman–Crippen LogP) is 2.26. The molecule has 0 saturated heterocycles. The highest BCUT2D eigenvalue weighted by Gasteiger charge is 2.20. The zero-order valence-corrected chi connectivity index (χ0v) is 13.0. The summed E-state index contributed by atoms with van der Waals surface area (Å²) < 4.78 is 1.62. The third-order valence-electron chi connectivity index (χ3n) is 2.96. The van der Waals surface area contributed by atoms with Gasteiger partial charge < -0.3 is 0 Å². The number of amides is 1. The summed E-state index contributed by atoms with van der Waals surface area (Å²) in [4.78, 5) is 20.4. The quantitative estimate of drug-likeness (QED) is 0.793. The van der Waals surface area contributed by atoms with Gasteiger partial charge in [-0.25, -0.2) is 4.99 Å². The number of carbonyl (C=O) groups is 1. The van der Waals surface area contributed by atoms with Gasteiger partial charge in [0.05, 0.1) is 11.9 Å². The van der Waals surface area contributed by atoms with Crippen molar-refractivity contribution in [2.24, 2.45) is 17.5 Å². The molecule has 0 unspecified atom stereocenters. The van der Waals surface area contributed by atoms with Gasteiger partial charge in [0, 0.05) is 29.9 Å². The molecule has 2 aromatic heterocycles. The van der Waals surface area contributed by atoms with Crippen LogP contribution in [0.4, 0.5) is 0 Å². The average Bonchev–Trinajstić information content (AvgIpc) is 2.84. The fourth-order valence-electron chi connectivity index (χ4n) is 1.61. The number of aromatic nitrogens is 4. The van der Waals surface area contributed by atoms with Gasteiger partial charge in [-0.3, -0.25) is 14.5 Å². The molecule has 0 spiro atoms. The van der Waals surface area contributed by atoms with Gasteiger partial charge in [-0.1, -0.05) is 26.0 Å². The van der Waals surface area contributed by atoms with Crippen LogP contribution in [0.25, 0.3) is 11.4 Å². The molecule has 0 aliphatic rings. The normalized spacial score (nSPS) is 12.5. The molecule has 2 rings (SSSR count). The van der Waals surface area contributed by atoms with Gasteiger partial charge in [0.2, 0.25) is 0 Å². The van der Waals surface area contributed by atoms with Crippen molar-refractivity contribution in [3.05, 3.63) is 30.1 Å². The lowest BCUT2D eigenvalue weighted by atomic mass is 9.96. The van der Waals surface area contributed by atoms with Gasteiger partial charge in [-0.05, 0) is 19.1 Å². The standard InChI is InChI=1S/C15H19N5O/c1-10(17-14(21)15(2,3)4)11-6-7-12(16-8-11)13-9-20(5)19-18-13/h6-9H,1-5H3. The van der Waals surface area contributed by atoms with Gasteiger partial charge >= 0.3 is 0 Å². The molecule has 0 N–H and O–H groups in total. The van der Waals surface area contributed by atoms with Crippen LogP contribution in [0.2, 0.25) is 0 Å². The number of carbonyl (C=O) groups excluding carboxylic acids is 1. The summed E-state index contributed by atoms with van der Waals surface area (Å²) in [5.41, 5.74) is 2.45. The number of pyridine rings is 1. The molecule has 6 heteroatoms. The Bertz CT molecular complexity index is 677. The molecule has 2 aromatic rings. The van der Waals surface area contributed by atoms with E-state index in [2.05, 4.69) is 20.3 Å². The second-order valence-corrected chi connectivity index (χ2v) is 5.96. The maximum absolute atomic E-state index is 11.9. The molecule has 21 heavy (non-hydrogen) atoms. The number of aliphatic imine (C=N–C) groups is 1. The van der Waals surface area contributed by atoms with Gasteiger partial charge in [-0.15, -0.1) is 5.10 Å². The van der Waals surface area contributed by atoms with Crippen molar-refractivity contribution in [2.45, 2.75) is 27.7 Å². The van der Waals surface area contributed by atoms with Crippen LogP contribution >= 0.6 is 0 Å². The Balaban J connectivity index is 2.23. The van der Waals surface area contributed by atoms with Crippen LogP contribution in [0.15, 0.2) is 29.5 Å². The van der Waals surface area contributed by atoms with Crippen LogP contribution in [0.5, 0.6) is 0 Å². The molecular weight excluding hydrogens is 266 g/mol. The Kier molecular flexibility index (Phi) is 3.97. The van der Waals surface area contributed by atoms with E-state index in [-0.39, 0.29) is 5.91 Å². The van der Waals surface area contributed by atoms with Gasteiger partial charge in [0.1, 0.15) is 5.69 Å². The van der Waals surface area contributed by atoms with E-state index in [1.54, 1.807) is 24.1 Å². The van der Waals surface area contributed by atoms with Crippen molar-refractivity contribution in [3.63, 3.8) is 0 Å². The molecule has 2 heterocycles. The van der Waals surface area contributed by atoms with Crippen molar-refractivity contribution in [3.8, 4) is 11.4 Å². The molecule has 0 radical (unpaired) electrons. The maximum atomic E-state index is 11.9. The monoisotopic (exact) mass is 285 g/mol. The van der Waals surface area contributed by atoms with E-state index in [9.17, 15) is 4.79 Å². The molecule has 0 atom stereocenters. The minimum Gasteiger partial charge on any atom is -0.272 e. The van der Waals surface area contributed by atoms with E-state index in [0.717, 1.165) is 11.3 Å². The molecule has 0 saturated carbocycles. The minimum absolute atomic E-state index is 0.141. The average molecular weight is 285 g/mol. The Hall–Kier alpha value is -2.37. The van der Waals surface area contributed by atoms with Crippen LogP contribution in [-0.4, -0.2) is 31.6 Å². The highest BCUT2D eigenvalue weighted by atomic mass is 16.1. The SMILES string of the molecule is CC(=NC(=O)C(C)(C)C)c1ccc(-c2cn(C)nn2)nc1. The Morgan fingerprint density at radius 3 is 2.43 bits per heavy atom. The molecule has 1 amide bonds. The number of hydrogen-bond acceptors (Lipinski definition) is 4. The lowest BCUT2D eigenvalue weighted by Gasteiger charge is -2.13. The number of nitrogens with zero attached hydrogens (tertiary/aromatic N) is 5. The van der Waals surface area contributed by atoms with Crippen molar-refractivity contribution >= 4 is 11.6 Å². The summed E-state index contributed by atoms with van der Waals surface area (Å²) in [6, 6.07) is 3.73. The van der Waals surface area contributed by atoms with Crippen LogP contribution in [0.3, 0.4) is 0 Å². The van der Waals surface area contributed by atoms with E-state index in [1.807, 2.05) is 39.8 Å². The largest absolute Gasteiger partial charge is 0.272 e. The zero-order chi connectivity index (χ0) is 15.6. The van der Waals surface area contributed by atoms with Crippen LogP contribution < -0.4 is 0 Å². The molecule has 0 bridgehead atoms. The van der Waals surface area contributed by atoms with E-state index >= 15 is 0 Å². The van der Waals surface area contributed by atoms with Crippen molar-refractivity contribution in [1.82, 2.24) is 20.0 Å². The smallest absolute Gasteiger partial charge is 0.251 e. The fraction of sp³-hybridized carbons (Fsp3) is 0.400. The summed E-state index contributed by atoms with van der Waals surface area (Å²) in [6.45, 7) is 7.35. The Morgan fingerprint density at radius 2 is 1.95 bits per heavy atom. The third kappa shape index (κ3) is 3.59. The molecule has 110 valence electrons. The summed E-state index contributed by atoms with van der Waals surface area (Å²) in [6.07, 6.45) is 3.49. The molecular formula is C15H19N5O. The van der Waals surface area contributed by atoms with Gasteiger partial charge in [0.15, 0.2) is 0 Å². The lowest BCUT2D eigenvalue weighted by Crippen LogP contribution is -2.19. The first kappa shape index (κ1) is 15.0. The summed E-state index contributed by atoms with van der Waals surface area (Å²) >= 11 is 0. The second kappa shape index (κ2) is 5.55. The second-order valence-electron chi connectivity index (χ2n) is 5.96. The number of rotatable bonds is 2. The Morgan fingerprint density at radius 1 is 1.24 bits per heavy atom. The number of aryl methyl sites for hydroxylation is 1. The van der Waals surface area contributed by atoms with Crippen LogP contribution in [0, 0.1) is 5.41 Å². The summed E-state index contributed by atoms with van der Waals surface area (Å²) in [5, 5.41) is 7.88. The minimum atomic E-state index is -0.478. The van der Waals surface area contributed by atoms with Crippen LogP contribution in [-0.2, 0) is 11.8 Å².